The van der Waals surface area contributed by atoms with Gasteiger partial charge in [0.1, 0.15) is 0 Å². The maximum absolute atomic E-state index is 6.20. The molecule has 3 heteroatoms. The third kappa shape index (κ3) is 3.75. The van der Waals surface area contributed by atoms with Crippen LogP contribution < -0.4 is 5.73 Å². The zero-order chi connectivity index (χ0) is 14.6. The summed E-state index contributed by atoms with van der Waals surface area (Å²) in [4.78, 5) is 2.60. The van der Waals surface area contributed by atoms with E-state index in [1.165, 1.54) is 45.1 Å². The Balaban J connectivity index is 1.89. The molecule has 1 saturated carbocycles. The van der Waals surface area contributed by atoms with Crippen LogP contribution in [0, 0.1) is 17.8 Å². The van der Waals surface area contributed by atoms with Crippen molar-refractivity contribution < 1.29 is 4.74 Å². The van der Waals surface area contributed by atoms with Gasteiger partial charge in [-0.2, -0.15) is 0 Å². The van der Waals surface area contributed by atoms with Crippen LogP contribution in [0.3, 0.4) is 0 Å². The Bertz CT molecular complexity index is 279. The molecule has 1 aliphatic carbocycles. The van der Waals surface area contributed by atoms with E-state index in [1.807, 2.05) is 0 Å². The van der Waals surface area contributed by atoms with Crippen LogP contribution in [0.1, 0.15) is 52.4 Å². The number of ether oxygens (including phenoxy) is 1. The standard InChI is InChI=1S/C17H34N2O/c1-14(2)16-4-8-17(13-18,9-5-16)19(3)12-15-6-10-20-11-7-15/h14-16H,4-13,18H2,1-3H3. The van der Waals surface area contributed by atoms with Crippen molar-refractivity contribution in [2.45, 2.75) is 57.9 Å². The summed E-state index contributed by atoms with van der Waals surface area (Å²) in [6.45, 7) is 8.65. The van der Waals surface area contributed by atoms with Gasteiger partial charge in [0, 0.05) is 31.8 Å². The number of hydrogen-bond donors (Lipinski definition) is 1. The van der Waals surface area contributed by atoms with Crippen LogP contribution >= 0.6 is 0 Å². The molecule has 3 nitrogen and oxygen atoms in total. The van der Waals surface area contributed by atoms with Gasteiger partial charge < -0.3 is 10.5 Å². The molecule has 2 rings (SSSR count). The molecule has 0 spiro atoms. The molecule has 2 aliphatic rings. The molecule has 0 aromatic carbocycles. The fourth-order valence-electron chi connectivity index (χ4n) is 4.10. The molecule has 2 N–H and O–H groups in total. The maximum Gasteiger partial charge on any atom is 0.0469 e. The first-order valence-electron chi connectivity index (χ1n) is 8.56. The van der Waals surface area contributed by atoms with Crippen LogP contribution in [0.2, 0.25) is 0 Å². The fraction of sp³-hybridized carbons (Fsp3) is 1.00. The van der Waals surface area contributed by atoms with Gasteiger partial charge in [0.2, 0.25) is 0 Å². The molecular formula is C17H34N2O. The van der Waals surface area contributed by atoms with Gasteiger partial charge in [-0.05, 0) is 63.3 Å². The van der Waals surface area contributed by atoms with Gasteiger partial charge in [0.05, 0.1) is 0 Å². The first-order chi connectivity index (χ1) is 9.57. The highest BCUT2D eigenvalue weighted by Gasteiger charge is 2.38. The molecule has 0 aromatic rings. The summed E-state index contributed by atoms with van der Waals surface area (Å²) in [5.41, 5.74) is 6.47. The first-order valence-corrected chi connectivity index (χ1v) is 8.56. The molecule has 1 saturated heterocycles. The molecule has 20 heavy (non-hydrogen) atoms. The Kier molecular flexibility index (Phi) is 5.88. The molecule has 118 valence electrons. The van der Waals surface area contributed by atoms with Crippen molar-refractivity contribution in [3.05, 3.63) is 0 Å². The lowest BCUT2D eigenvalue weighted by Crippen LogP contribution is -2.55. The molecule has 0 unspecified atom stereocenters. The van der Waals surface area contributed by atoms with Crippen molar-refractivity contribution in [2.75, 3.05) is 33.4 Å². The second-order valence-corrected chi connectivity index (χ2v) is 7.45. The Labute approximate surface area is 125 Å². The van der Waals surface area contributed by atoms with E-state index >= 15 is 0 Å². The largest absolute Gasteiger partial charge is 0.381 e. The highest BCUT2D eigenvalue weighted by molar-refractivity contribution is 4.95. The lowest BCUT2D eigenvalue weighted by Gasteiger charge is -2.48. The number of hydrogen-bond acceptors (Lipinski definition) is 3. The van der Waals surface area contributed by atoms with Crippen molar-refractivity contribution in [3.63, 3.8) is 0 Å². The van der Waals surface area contributed by atoms with E-state index in [1.54, 1.807) is 0 Å². The SMILES string of the molecule is CC(C)C1CCC(CN)(N(C)CC2CCOCC2)CC1. The summed E-state index contributed by atoms with van der Waals surface area (Å²) < 4.78 is 5.48. The van der Waals surface area contributed by atoms with E-state index in [-0.39, 0.29) is 5.54 Å². The average molecular weight is 282 g/mol. The normalized spacial score (nSPS) is 33.0. The monoisotopic (exact) mass is 282 g/mol. The van der Waals surface area contributed by atoms with Crippen molar-refractivity contribution in [3.8, 4) is 0 Å². The summed E-state index contributed by atoms with van der Waals surface area (Å²) >= 11 is 0. The lowest BCUT2D eigenvalue weighted by molar-refractivity contribution is 0.0129. The lowest BCUT2D eigenvalue weighted by atomic mass is 9.72. The number of nitrogens with two attached hydrogens (primary N) is 1. The van der Waals surface area contributed by atoms with Crippen LogP contribution in [-0.4, -0.2) is 43.8 Å². The molecule has 2 fully saturated rings. The van der Waals surface area contributed by atoms with Gasteiger partial charge in [0.25, 0.3) is 0 Å². The molecular weight excluding hydrogens is 248 g/mol. The number of nitrogens with zero attached hydrogens (tertiary/aromatic N) is 1. The van der Waals surface area contributed by atoms with Crippen LogP contribution in [-0.2, 0) is 4.74 Å². The Morgan fingerprint density at radius 3 is 2.25 bits per heavy atom. The molecule has 1 aliphatic heterocycles. The minimum Gasteiger partial charge on any atom is -0.381 e. The average Bonchev–Trinajstić information content (AvgIpc) is 2.48. The maximum atomic E-state index is 6.20. The first kappa shape index (κ1) is 16.3. The fourth-order valence-corrected chi connectivity index (χ4v) is 4.10. The summed E-state index contributed by atoms with van der Waals surface area (Å²) in [5, 5.41) is 0. The highest BCUT2D eigenvalue weighted by atomic mass is 16.5. The zero-order valence-corrected chi connectivity index (χ0v) is 13.7. The summed E-state index contributed by atoms with van der Waals surface area (Å²) in [7, 11) is 2.30. The number of likely N-dealkylation sites (N-methyl/N-ethyl adjacent to an activating group) is 1. The Morgan fingerprint density at radius 1 is 1.15 bits per heavy atom. The van der Waals surface area contributed by atoms with E-state index in [0.717, 1.165) is 37.5 Å². The van der Waals surface area contributed by atoms with Crippen molar-refractivity contribution in [1.29, 1.82) is 0 Å². The number of rotatable bonds is 5. The van der Waals surface area contributed by atoms with Gasteiger partial charge in [0.15, 0.2) is 0 Å². The molecule has 0 atom stereocenters. The van der Waals surface area contributed by atoms with Crippen LogP contribution in [0.25, 0.3) is 0 Å². The third-order valence-electron chi connectivity index (χ3n) is 5.97. The predicted molar refractivity (Wildman–Crippen MR) is 84.8 cm³/mol. The summed E-state index contributed by atoms with van der Waals surface area (Å²) in [5.74, 6) is 2.54. The van der Waals surface area contributed by atoms with E-state index in [0.29, 0.717) is 0 Å². The topological polar surface area (TPSA) is 38.5 Å². The zero-order valence-electron chi connectivity index (χ0n) is 13.7. The summed E-state index contributed by atoms with van der Waals surface area (Å²) in [6.07, 6.45) is 7.72. The van der Waals surface area contributed by atoms with Crippen molar-refractivity contribution in [2.24, 2.45) is 23.5 Å². The Hall–Kier alpha value is -0.120. The van der Waals surface area contributed by atoms with Crippen LogP contribution in [0.15, 0.2) is 0 Å². The molecule has 0 aromatic heterocycles. The second-order valence-electron chi connectivity index (χ2n) is 7.45. The van der Waals surface area contributed by atoms with Gasteiger partial charge in [-0.3, -0.25) is 4.90 Å². The molecule has 1 heterocycles. The minimum absolute atomic E-state index is 0.268. The van der Waals surface area contributed by atoms with E-state index < -0.39 is 0 Å². The highest BCUT2D eigenvalue weighted by Crippen LogP contribution is 2.39. The quantitative estimate of drug-likeness (QED) is 0.842. The Morgan fingerprint density at radius 2 is 1.75 bits per heavy atom. The molecule has 0 amide bonds. The smallest absolute Gasteiger partial charge is 0.0469 e. The predicted octanol–water partition coefficient (Wildman–Crippen LogP) is 2.89. The van der Waals surface area contributed by atoms with Crippen molar-refractivity contribution >= 4 is 0 Å². The molecule has 0 bridgehead atoms. The van der Waals surface area contributed by atoms with Crippen LogP contribution in [0.5, 0.6) is 0 Å². The third-order valence-corrected chi connectivity index (χ3v) is 5.97. The van der Waals surface area contributed by atoms with Crippen LogP contribution in [0.4, 0.5) is 0 Å². The van der Waals surface area contributed by atoms with Gasteiger partial charge in [-0.25, -0.2) is 0 Å². The van der Waals surface area contributed by atoms with E-state index in [9.17, 15) is 0 Å². The minimum atomic E-state index is 0.268. The van der Waals surface area contributed by atoms with Gasteiger partial charge >= 0.3 is 0 Å². The van der Waals surface area contributed by atoms with Crippen molar-refractivity contribution in [1.82, 2.24) is 4.90 Å². The van der Waals surface area contributed by atoms with Gasteiger partial charge in [-0.1, -0.05) is 13.8 Å². The summed E-state index contributed by atoms with van der Waals surface area (Å²) in [6, 6.07) is 0. The van der Waals surface area contributed by atoms with Gasteiger partial charge in [-0.15, -0.1) is 0 Å². The van der Waals surface area contributed by atoms with E-state index in [4.69, 9.17) is 10.5 Å². The van der Waals surface area contributed by atoms with E-state index in [2.05, 4.69) is 25.8 Å². The second kappa shape index (κ2) is 7.24. The molecule has 0 radical (unpaired) electrons.